The van der Waals surface area contributed by atoms with Gasteiger partial charge in [-0.05, 0) is 0 Å². The van der Waals surface area contributed by atoms with Gasteiger partial charge in [0.25, 0.3) is 0 Å². The minimum Gasteiger partial charge on any atom is -0.274 e. The first kappa shape index (κ1) is 16.1. The summed E-state index contributed by atoms with van der Waals surface area (Å²) in [6.07, 6.45) is 5.54. The quantitative estimate of drug-likeness (QED) is 0.370. The van der Waals surface area contributed by atoms with Gasteiger partial charge in [-0.2, -0.15) is 0 Å². The Hall–Kier alpha value is 0.210. The lowest BCUT2D eigenvalue weighted by atomic mass is 10.2. The molecule has 0 aliphatic heterocycles. The highest BCUT2D eigenvalue weighted by Crippen LogP contribution is 1.95. The Balaban J connectivity index is -0.000000109. The van der Waals surface area contributed by atoms with Gasteiger partial charge in [-0.25, -0.2) is 0 Å². The number of rotatable bonds is 3. The molecule has 0 radical (unpaired) electrons. The summed E-state index contributed by atoms with van der Waals surface area (Å²) in [6.45, 7) is 4.46. The van der Waals surface area contributed by atoms with E-state index in [9.17, 15) is 0 Å². The zero-order valence-corrected chi connectivity index (χ0v) is 7.21. The monoisotopic (exact) mass is 154 g/mol. The lowest BCUT2D eigenvalue weighted by molar-refractivity contribution is 0.702. The predicted octanol–water partition coefficient (Wildman–Crippen LogP) is 1.83. The average molecular weight is 155 g/mol. The zero-order valence-electron chi connectivity index (χ0n) is 6.39. The van der Waals surface area contributed by atoms with E-state index < -0.39 is 0 Å². The van der Waals surface area contributed by atoms with Gasteiger partial charge in [-0.3, -0.25) is 11.7 Å². The van der Waals surface area contributed by atoms with E-state index in [4.69, 9.17) is 0 Å². The summed E-state index contributed by atoms with van der Waals surface area (Å²) >= 11 is 0. The molecule has 4 N–H and O–H groups in total. The van der Waals surface area contributed by atoms with Crippen LogP contribution in [0.1, 0.15) is 39.5 Å². The third-order valence-corrected chi connectivity index (χ3v) is 0.957. The molecule has 0 heterocycles. The number of hydrazine groups is 1. The summed E-state index contributed by atoms with van der Waals surface area (Å²) in [6, 6.07) is 0. The second kappa shape index (κ2) is 24.1. The lowest BCUT2D eigenvalue weighted by Gasteiger charge is -1.86. The molecular weight excluding hydrogens is 136 g/mol. The Morgan fingerprint density at radius 1 is 0.889 bits per heavy atom. The minimum absolute atomic E-state index is 0. The van der Waals surface area contributed by atoms with Gasteiger partial charge < -0.3 is 0 Å². The van der Waals surface area contributed by atoms with Crippen LogP contribution in [0.15, 0.2) is 0 Å². The van der Waals surface area contributed by atoms with E-state index in [0.717, 1.165) is 0 Å². The molecule has 0 fully saturated rings. The van der Waals surface area contributed by atoms with Crippen molar-refractivity contribution >= 4 is 12.4 Å². The van der Waals surface area contributed by atoms with E-state index >= 15 is 0 Å². The van der Waals surface area contributed by atoms with Crippen molar-refractivity contribution in [2.45, 2.75) is 39.5 Å². The minimum atomic E-state index is 0. The Morgan fingerprint density at radius 3 is 1.22 bits per heavy atom. The van der Waals surface area contributed by atoms with Crippen LogP contribution in [-0.4, -0.2) is 0 Å². The van der Waals surface area contributed by atoms with Gasteiger partial charge in [0.05, 0.1) is 0 Å². The molecule has 0 unspecified atom stereocenters. The highest BCUT2D eigenvalue weighted by atomic mass is 35.5. The second-order valence-electron chi connectivity index (χ2n) is 1.71. The fraction of sp³-hybridized carbons (Fsp3) is 1.00. The Morgan fingerprint density at radius 2 is 1.11 bits per heavy atom. The maximum atomic E-state index is 4.00. The molecular formula is C6H19ClN2. The van der Waals surface area contributed by atoms with Gasteiger partial charge in [0.15, 0.2) is 0 Å². The van der Waals surface area contributed by atoms with Crippen molar-refractivity contribution in [3.63, 3.8) is 0 Å². The fourth-order valence-corrected chi connectivity index (χ4v) is 0.500. The highest BCUT2D eigenvalue weighted by molar-refractivity contribution is 5.85. The summed E-state index contributed by atoms with van der Waals surface area (Å²) in [5, 5.41) is 0. The largest absolute Gasteiger partial charge is 0.274 e. The number of unbranched alkanes of at least 4 members (excludes halogenated alkanes) is 3. The van der Waals surface area contributed by atoms with Crippen molar-refractivity contribution < 1.29 is 0 Å². The van der Waals surface area contributed by atoms with Gasteiger partial charge in [0.1, 0.15) is 0 Å². The smallest absolute Gasteiger partial charge is 0.0536 e. The zero-order chi connectivity index (χ0) is 6.83. The summed E-state index contributed by atoms with van der Waals surface area (Å²) in [5.41, 5.74) is 0. The molecule has 0 aromatic carbocycles. The van der Waals surface area contributed by atoms with Crippen LogP contribution in [0.2, 0.25) is 0 Å². The van der Waals surface area contributed by atoms with Gasteiger partial charge in [-0.1, -0.05) is 39.5 Å². The van der Waals surface area contributed by atoms with Gasteiger partial charge in [0, 0.05) is 0 Å². The first-order chi connectivity index (χ1) is 3.91. The van der Waals surface area contributed by atoms with E-state index in [0.29, 0.717) is 0 Å². The maximum Gasteiger partial charge on any atom is -0.0536 e. The van der Waals surface area contributed by atoms with Gasteiger partial charge >= 0.3 is 0 Å². The Kier molecular flexibility index (Phi) is 43.1. The van der Waals surface area contributed by atoms with E-state index in [1.165, 1.54) is 25.7 Å². The number of hydrogen-bond donors (Lipinski definition) is 2. The van der Waals surface area contributed by atoms with Crippen LogP contribution in [0.4, 0.5) is 0 Å². The van der Waals surface area contributed by atoms with E-state index in [1.54, 1.807) is 0 Å². The molecule has 0 aromatic rings. The topological polar surface area (TPSA) is 52.0 Å². The summed E-state index contributed by atoms with van der Waals surface area (Å²) in [5.74, 6) is 8.00. The van der Waals surface area contributed by atoms with Gasteiger partial charge in [-0.15, -0.1) is 12.4 Å². The molecule has 9 heavy (non-hydrogen) atoms. The van der Waals surface area contributed by atoms with Crippen LogP contribution >= 0.6 is 12.4 Å². The molecule has 0 aliphatic rings. The van der Waals surface area contributed by atoms with E-state index in [2.05, 4.69) is 25.5 Å². The number of nitrogens with two attached hydrogens (primary N) is 2. The normalized spacial score (nSPS) is 6.67. The summed E-state index contributed by atoms with van der Waals surface area (Å²) < 4.78 is 0. The standard InChI is InChI=1S/C6H14.ClH.H4N2/c1-3-5-6-4-2;;1-2/h3-6H2,1-2H3;1H;1-2H2. The highest BCUT2D eigenvalue weighted by Gasteiger charge is 1.75. The third-order valence-electron chi connectivity index (χ3n) is 0.957. The summed E-state index contributed by atoms with van der Waals surface area (Å²) in [7, 11) is 0. The molecule has 0 spiro atoms. The molecule has 60 valence electrons. The second-order valence-corrected chi connectivity index (χ2v) is 1.71. The predicted molar refractivity (Wildman–Crippen MR) is 45.4 cm³/mol. The molecule has 0 bridgehead atoms. The first-order valence-corrected chi connectivity index (χ1v) is 3.25. The SMILES string of the molecule is CCCCCC.Cl.NN. The molecule has 0 rings (SSSR count). The molecule has 2 nitrogen and oxygen atoms in total. The van der Waals surface area contributed by atoms with Crippen LogP contribution in [0.3, 0.4) is 0 Å². The van der Waals surface area contributed by atoms with Crippen LogP contribution < -0.4 is 11.7 Å². The lowest BCUT2D eigenvalue weighted by Crippen LogP contribution is -2.02. The van der Waals surface area contributed by atoms with Crippen LogP contribution in [0.25, 0.3) is 0 Å². The molecule has 0 saturated carbocycles. The van der Waals surface area contributed by atoms with Crippen molar-refractivity contribution in [1.29, 1.82) is 0 Å². The van der Waals surface area contributed by atoms with Crippen molar-refractivity contribution in [3.8, 4) is 0 Å². The maximum absolute atomic E-state index is 4.00. The van der Waals surface area contributed by atoms with Crippen molar-refractivity contribution in [2.75, 3.05) is 0 Å². The summed E-state index contributed by atoms with van der Waals surface area (Å²) in [4.78, 5) is 0. The Labute approximate surface area is 64.4 Å². The van der Waals surface area contributed by atoms with Crippen LogP contribution in [0, 0.1) is 0 Å². The molecule has 3 heteroatoms. The molecule has 0 saturated heterocycles. The average Bonchev–Trinajstić information content (AvgIpc) is 1.88. The molecule has 0 atom stereocenters. The first-order valence-electron chi connectivity index (χ1n) is 3.25. The number of hydrogen-bond acceptors (Lipinski definition) is 2. The molecule has 0 aliphatic carbocycles. The van der Waals surface area contributed by atoms with E-state index in [1.807, 2.05) is 0 Å². The third kappa shape index (κ3) is 30.7. The fourth-order valence-electron chi connectivity index (χ4n) is 0.500. The van der Waals surface area contributed by atoms with E-state index in [-0.39, 0.29) is 12.4 Å². The number of halogens is 1. The molecule has 0 amide bonds. The Bertz CT molecular complexity index is 23.0. The van der Waals surface area contributed by atoms with Crippen LogP contribution in [0.5, 0.6) is 0 Å². The van der Waals surface area contributed by atoms with Crippen LogP contribution in [-0.2, 0) is 0 Å². The van der Waals surface area contributed by atoms with Crippen molar-refractivity contribution in [1.82, 2.24) is 0 Å². The van der Waals surface area contributed by atoms with Crippen molar-refractivity contribution in [2.24, 2.45) is 11.7 Å². The van der Waals surface area contributed by atoms with Gasteiger partial charge in [0.2, 0.25) is 0 Å². The molecule has 0 aromatic heterocycles. The van der Waals surface area contributed by atoms with Crippen molar-refractivity contribution in [3.05, 3.63) is 0 Å².